The van der Waals surface area contributed by atoms with E-state index in [0.717, 1.165) is 0 Å². The summed E-state index contributed by atoms with van der Waals surface area (Å²) in [5, 5.41) is 1.54. The number of hydrogen-bond donors (Lipinski definition) is 0. The predicted molar refractivity (Wildman–Crippen MR) is 66.3 cm³/mol. The van der Waals surface area contributed by atoms with Crippen molar-refractivity contribution in [1.82, 2.24) is 0 Å². The fraction of sp³-hybridized carbons (Fsp3) is 0.455. The standard InChI is InChI=1S/C11H17PS/c1-3-10-13-12(4-2)11-8-6-5-7-9-11/h5-9H,3-4,10H2,1-2H3. The van der Waals surface area contributed by atoms with Crippen molar-refractivity contribution in [3.8, 4) is 0 Å². The third-order valence-corrected chi connectivity index (χ3v) is 7.02. The van der Waals surface area contributed by atoms with Gasteiger partial charge in [0, 0.05) is 0 Å². The molecule has 72 valence electrons. The van der Waals surface area contributed by atoms with Crippen LogP contribution < -0.4 is 5.30 Å². The van der Waals surface area contributed by atoms with E-state index >= 15 is 0 Å². The summed E-state index contributed by atoms with van der Waals surface area (Å²) in [4.78, 5) is 0. The van der Waals surface area contributed by atoms with Crippen molar-refractivity contribution in [2.45, 2.75) is 20.3 Å². The molecule has 0 amide bonds. The number of benzene rings is 1. The van der Waals surface area contributed by atoms with Gasteiger partial charge in [-0.2, -0.15) is 0 Å². The second-order valence-corrected chi connectivity index (χ2v) is 7.53. The van der Waals surface area contributed by atoms with Crippen molar-refractivity contribution < 1.29 is 0 Å². The van der Waals surface area contributed by atoms with Crippen LogP contribution in [0.3, 0.4) is 0 Å². The van der Waals surface area contributed by atoms with Gasteiger partial charge in [0.25, 0.3) is 0 Å². The van der Waals surface area contributed by atoms with Gasteiger partial charge in [0.1, 0.15) is 0 Å². The van der Waals surface area contributed by atoms with Gasteiger partial charge >= 0.3 is 0 Å². The van der Waals surface area contributed by atoms with Crippen molar-refractivity contribution in [2.75, 3.05) is 11.9 Å². The second kappa shape index (κ2) is 6.45. The molecule has 0 heterocycles. The lowest BCUT2D eigenvalue weighted by atomic mass is 10.4. The molecule has 0 aliphatic carbocycles. The second-order valence-electron chi connectivity index (χ2n) is 2.86. The van der Waals surface area contributed by atoms with Crippen LogP contribution in [0, 0.1) is 0 Å². The zero-order valence-electron chi connectivity index (χ0n) is 8.36. The first-order valence-corrected chi connectivity index (χ1v) is 7.95. The largest absolute Gasteiger partial charge is 0.129 e. The molecular weight excluding hydrogens is 195 g/mol. The Bertz CT molecular complexity index is 223. The molecule has 0 fully saturated rings. The van der Waals surface area contributed by atoms with E-state index in [1.54, 1.807) is 5.30 Å². The van der Waals surface area contributed by atoms with Crippen LogP contribution in [0.15, 0.2) is 30.3 Å². The molecule has 0 saturated carbocycles. The highest BCUT2D eigenvalue weighted by Gasteiger charge is 2.07. The summed E-state index contributed by atoms with van der Waals surface area (Å²) in [6, 6.07) is 10.9. The molecule has 0 aliphatic heterocycles. The van der Waals surface area contributed by atoms with Crippen molar-refractivity contribution in [1.29, 1.82) is 0 Å². The topological polar surface area (TPSA) is 0 Å². The van der Waals surface area contributed by atoms with Crippen molar-refractivity contribution in [3.63, 3.8) is 0 Å². The minimum absolute atomic E-state index is 0.0572. The van der Waals surface area contributed by atoms with Crippen LogP contribution in [0.2, 0.25) is 0 Å². The summed E-state index contributed by atoms with van der Waals surface area (Å²) < 4.78 is 0. The molecule has 0 spiro atoms. The van der Waals surface area contributed by atoms with Gasteiger partial charge in [-0.05, 0) is 30.8 Å². The predicted octanol–water partition coefficient (Wildman–Crippen LogP) is 3.87. The minimum Gasteiger partial charge on any atom is -0.129 e. The maximum absolute atomic E-state index is 2.29. The lowest BCUT2D eigenvalue weighted by molar-refractivity contribution is 1.11. The monoisotopic (exact) mass is 212 g/mol. The Kier molecular flexibility index (Phi) is 5.50. The molecule has 1 unspecified atom stereocenters. The molecule has 0 radical (unpaired) electrons. The Morgan fingerprint density at radius 1 is 1.15 bits per heavy atom. The lowest BCUT2D eigenvalue weighted by Crippen LogP contribution is -1.98. The zero-order valence-corrected chi connectivity index (χ0v) is 10.1. The molecule has 2 heteroatoms. The van der Waals surface area contributed by atoms with E-state index in [0.29, 0.717) is 0 Å². The van der Waals surface area contributed by atoms with E-state index in [4.69, 9.17) is 0 Å². The molecular formula is C11H17PS. The van der Waals surface area contributed by atoms with Gasteiger partial charge in [0.05, 0.1) is 0 Å². The van der Waals surface area contributed by atoms with E-state index in [2.05, 4.69) is 55.6 Å². The van der Waals surface area contributed by atoms with Crippen molar-refractivity contribution >= 4 is 23.8 Å². The first-order chi connectivity index (χ1) is 6.38. The van der Waals surface area contributed by atoms with E-state index in [1.807, 2.05) is 0 Å². The van der Waals surface area contributed by atoms with Gasteiger partial charge in [0.15, 0.2) is 0 Å². The molecule has 0 aromatic heterocycles. The Hall–Kier alpha value is 0. The number of hydrogen-bond acceptors (Lipinski definition) is 1. The molecule has 0 bridgehead atoms. The lowest BCUT2D eigenvalue weighted by Gasteiger charge is -2.14. The van der Waals surface area contributed by atoms with Crippen LogP contribution in [0.4, 0.5) is 0 Å². The first-order valence-electron chi connectivity index (χ1n) is 4.84. The Morgan fingerprint density at radius 2 is 1.85 bits per heavy atom. The highest BCUT2D eigenvalue weighted by atomic mass is 32.7. The number of rotatable bonds is 5. The van der Waals surface area contributed by atoms with Gasteiger partial charge in [0.2, 0.25) is 0 Å². The fourth-order valence-electron chi connectivity index (χ4n) is 1.14. The van der Waals surface area contributed by atoms with Crippen LogP contribution in [-0.4, -0.2) is 11.9 Å². The third-order valence-electron chi connectivity index (χ3n) is 1.78. The van der Waals surface area contributed by atoms with Gasteiger partial charge in [-0.1, -0.05) is 44.2 Å². The van der Waals surface area contributed by atoms with Crippen LogP contribution in [0.1, 0.15) is 20.3 Å². The van der Waals surface area contributed by atoms with Crippen LogP contribution >= 0.6 is 18.5 Å². The molecule has 1 aromatic rings. The maximum Gasteiger partial charge on any atom is -0.00251 e. The van der Waals surface area contributed by atoms with Crippen molar-refractivity contribution in [2.24, 2.45) is 0 Å². The minimum atomic E-state index is 0.0572. The normalized spacial score (nSPS) is 12.8. The van der Waals surface area contributed by atoms with Gasteiger partial charge in [-0.15, -0.1) is 11.4 Å². The van der Waals surface area contributed by atoms with Crippen LogP contribution in [0.25, 0.3) is 0 Å². The van der Waals surface area contributed by atoms with Gasteiger partial charge < -0.3 is 0 Å². The summed E-state index contributed by atoms with van der Waals surface area (Å²) >= 11 is 2.14. The highest BCUT2D eigenvalue weighted by molar-refractivity contribution is 8.57. The Labute approximate surface area is 86.6 Å². The molecule has 13 heavy (non-hydrogen) atoms. The molecule has 0 saturated heterocycles. The molecule has 0 N–H and O–H groups in total. The zero-order chi connectivity index (χ0) is 9.52. The molecule has 1 rings (SSSR count). The van der Waals surface area contributed by atoms with E-state index < -0.39 is 0 Å². The Balaban J connectivity index is 2.56. The summed E-state index contributed by atoms with van der Waals surface area (Å²) in [5.41, 5.74) is 0. The molecule has 1 aromatic carbocycles. The van der Waals surface area contributed by atoms with Crippen molar-refractivity contribution in [3.05, 3.63) is 30.3 Å². The fourth-order valence-corrected chi connectivity index (χ4v) is 5.32. The summed E-state index contributed by atoms with van der Waals surface area (Å²) in [6.45, 7) is 4.54. The summed E-state index contributed by atoms with van der Waals surface area (Å²) in [6.07, 6.45) is 2.58. The average Bonchev–Trinajstić information content (AvgIpc) is 2.21. The molecule has 1 atom stereocenters. The summed E-state index contributed by atoms with van der Waals surface area (Å²) in [7, 11) is 0.0572. The van der Waals surface area contributed by atoms with E-state index in [9.17, 15) is 0 Å². The van der Waals surface area contributed by atoms with Crippen LogP contribution in [0.5, 0.6) is 0 Å². The van der Waals surface area contributed by atoms with E-state index in [-0.39, 0.29) is 7.12 Å². The third kappa shape index (κ3) is 3.70. The summed E-state index contributed by atoms with van der Waals surface area (Å²) in [5.74, 6) is 1.30. The maximum atomic E-state index is 2.29. The Morgan fingerprint density at radius 3 is 2.38 bits per heavy atom. The molecule has 0 nitrogen and oxygen atoms in total. The SMILES string of the molecule is CCCSP(CC)c1ccccc1. The smallest absolute Gasteiger partial charge is 0.00251 e. The first kappa shape index (κ1) is 11.1. The highest BCUT2D eigenvalue weighted by Crippen LogP contribution is 2.48. The average molecular weight is 212 g/mol. The molecule has 0 aliphatic rings. The van der Waals surface area contributed by atoms with Gasteiger partial charge in [-0.25, -0.2) is 0 Å². The van der Waals surface area contributed by atoms with Crippen LogP contribution in [-0.2, 0) is 0 Å². The van der Waals surface area contributed by atoms with E-state index in [1.165, 1.54) is 18.3 Å². The van der Waals surface area contributed by atoms with Gasteiger partial charge in [-0.3, -0.25) is 0 Å². The quantitative estimate of drug-likeness (QED) is 0.668.